The number of amides is 4. The first-order valence-corrected chi connectivity index (χ1v) is 6.40. The van der Waals surface area contributed by atoms with Gasteiger partial charge in [-0.2, -0.15) is 0 Å². The van der Waals surface area contributed by atoms with E-state index in [2.05, 4.69) is 5.32 Å². The molecule has 1 aromatic carbocycles. The van der Waals surface area contributed by atoms with Gasteiger partial charge in [0.2, 0.25) is 11.8 Å². The molecule has 0 saturated carbocycles. The minimum absolute atomic E-state index is 0.168. The number of anilines is 1. The van der Waals surface area contributed by atoms with Gasteiger partial charge < -0.3 is 0 Å². The number of rotatable bonds is 3. The van der Waals surface area contributed by atoms with Crippen molar-refractivity contribution in [2.75, 3.05) is 4.90 Å². The van der Waals surface area contributed by atoms with Crippen molar-refractivity contribution in [2.24, 2.45) is 5.92 Å². The molecule has 1 heterocycles. The molecule has 1 unspecified atom stereocenters. The van der Waals surface area contributed by atoms with Gasteiger partial charge in [0.25, 0.3) is 0 Å². The fourth-order valence-electron chi connectivity index (χ4n) is 2.21. The molecule has 1 aromatic rings. The quantitative estimate of drug-likeness (QED) is 0.861. The topological polar surface area (TPSA) is 66.5 Å². The lowest BCUT2D eigenvalue weighted by molar-refractivity contribution is -0.134. The Balaban J connectivity index is 2.43. The Hall–Kier alpha value is -2.24. The van der Waals surface area contributed by atoms with Crippen LogP contribution in [0.3, 0.4) is 0 Å². The molecule has 1 fully saturated rings. The summed E-state index contributed by atoms with van der Waals surface area (Å²) in [6.07, 6.45) is 0.983. The first-order valence-electron chi connectivity index (χ1n) is 6.40. The van der Waals surface area contributed by atoms with Crippen LogP contribution in [0.15, 0.2) is 18.2 Å². The van der Waals surface area contributed by atoms with Crippen LogP contribution in [0, 0.1) is 18.7 Å². The van der Waals surface area contributed by atoms with Gasteiger partial charge in [0.1, 0.15) is 11.7 Å². The maximum atomic E-state index is 13.3. The first-order chi connectivity index (χ1) is 9.45. The van der Waals surface area contributed by atoms with Gasteiger partial charge in [-0.3, -0.25) is 14.9 Å². The zero-order valence-corrected chi connectivity index (χ0v) is 11.3. The summed E-state index contributed by atoms with van der Waals surface area (Å²) in [5, 5.41) is 2.14. The van der Waals surface area contributed by atoms with E-state index in [4.69, 9.17) is 0 Å². The molecule has 2 rings (SSSR count). The summed E-state index contributed by atoms with van der Waals surface area (Å²) in [7, 11) is 0. The smallest absolute Gasteiger partial charge is 0.277 e. The number of nitrogens with one attached hydrogen (secondary N) is 1. The molecule has 1 saturated heterocycles. The third-order valence-corrected chi connectivity index (χ3v) is 3.26. The van der Waals surface area contributed by atoms with E-state index in [1.54, 1.807) is 6.92 Å². The monoisotopic (exact) mass is 278 g/mol. The predicted octanol–water partition coefficient (Wildman–Crippen LogP) is 2.13. The Bertz CT molecular complexity index is 586. The first kappa shape index (κ1) is 14.2. The van der Waals surface area contributed by atoms with Crippen molar-refractivity contribution in [3.8, 4) is 0 Å². The summed E-state index contributed by atoms with van der Waals surface area (Å²) in [5.74, 6) is -2.64. The fourth-order valence-corrected chi connectivity index (χ4v) is 2.21. The molecule has 1 atom stereocenters. The Morgan fingerprint density at radius 1 is 1.30 bits per heavy atom. The van der Waals surface area contributed by atoms with Crippen molar-refractivity contribution in [1.29, 1.82) is 0 Å². The summed E-state index contributed by atoms with van der Waals surface area (Å²) in [4.78, 5) is 36.7. The number of nitrogens with zero attached hydrogens (tertiary/aromatic N) is 1. The van der Waals surface area contributed by atoms with Gasteiger partial charge in [-0.1, -0.05) is 19.4 Å². The van der Waals surface area contributed by atoms with Crippen LogP contribution in [0.2, 0.25) is 0 Å². The number of benzene rings is 1. The van der Waals surface area contributed by atoms with E-state index in [1.807, 2.05) is 6.92 Å². The summed E-state index contributed by atoms with van der Waals surface area (Å²) in [5.41, 5.74) is 0.751. The molecule has 0 aromatic heterocycles. The van der Waals surface area contributed by atoms with E-state index in [-0.39, 0.29) is 5.69 Å². The predicted molar refractivity (Wildman–Crippen MR) is 70.6 cm³/mol. The van der Waals surface area contributed by atoms with Gasteiger partial charge in [0.15, 0.2) is 0 Å². The van der Waals surface area contributed by atoms with E-state index >= 15 is 0 Å². The molecule has 0 radical (unpaired) electrons. The van der Waals surface area contributed by atoms with Gasteiger partial charge in [-0.15, -0.1) is 0 Å². The van der Waals surface area contributed by atoms with E-state index in [9.17, 15) is 18.8 Å². The van der Waals surface area contributed by atoms with Crippen molar-refractivity contribution < 1.29 is 18.8 Å². The average Bonchev–Trinajstić information content (AvgIpc) is 2.38. The Labute approximate surface area is 115 Å². The highest BCUT2D eigenvalue weighted by Gasteiger charge is 2.41. The van der Waals surface area contributed by atoms with Gasteiger partial charge >= 0.3 is 6.03 Å². The molecule has 0 bridgehead atoms. The Morgan fingerprint density at radius 3 is 2.65 bits per heavy atom. The fraction of sp³-hybridized carbons (Fsp3) is 0.357. The second-order valence-electron chi connectivity index (χ2n) is 4.74. The SMILES string of the molecule is CCCC1C(=O)NC(=O)N(c2cc(F)ccc2C)C1=O. The third-order valence-electron chi connectivity index (χ3n) is 3.26. The summed E-state index contributed by atoms with van der Waals surface area (Å²) in [6, 6.07) is 3.02. The second kappa shape index (κ2) is 5.40. The minimum Gasteiger partial charge on any atom is -0.277 e. The number of carbonyl (C=O) groups is 3. The number of urea groups is 1. The van der Waals surface area contributed by atoms with Crippen molar-refractivity contribution in [1.82, 2.24) is 5.32 Å². The molecule has 1 N–H and O–H groups in total. The number of aryl methyl sites for hydroxylation is 1. The molecule has 1 aliphatic rings. The summed E-state index contributed by atoms with van der Waals surface area (Å²) >= 11 is 0. The van der Waals surface area contributed by atoms with Crippen LogP contribution in [0.4, 0.5) is 14.9 Å². The maximum absolute atomic E-state index is 13.3. The molecule has 0 spiro atoms. The van der Waals surface area contributed by atoms with Crippen molar-refractivity contribution in [3.63, 3.8) is 0 Å². The van der Waals surface area contributed by atoms with Gasteiger partial charge in [-0.25, -0.2) is 14.1 Å². The molecule has 5 nitrogen and oxygen atoms in total. The molecule has 106 valence electrons. The molecular weight excluding hydrogens is 263 g/mol. The van der Waals surface area contributed by atoms with E-state index in [1.165, 1.54) is 12.1 Å². The molecule has 0 aliphatic carbocycles. The van der Waals surface area contributed by atoms with Crippen LogP contribution in [-0.4, -0.2) is 17.8 Å². The molecular formula is C14H15FN2O3. The van der Waals surface area contributed by atoms with E-state index in [0.717, 1.165) is 11.0 Å². The second-order valence-corrected chi connectivity index (χ2v) is 4.74. The van der Waals surface area contributed by atoms with Crippen LogP contribution in [0.5, 0.6) is 0 Å². The lowest BCUT2D eigenvalue weighted by Gasteiger charge is -2.30. The Kier molecular flexibility index (Phi) is 3.83. The maximum Gasteiger partial charge on any atom is 0.335 e. The van der Waals surface area contributed by atoms with Crippen LogP contribution >= 0.6 is 0 Å². The largest absolute Gasteiger partial charge is 0.335 e. The van der Waals surface area contributed by atoms with Crippen LogP contribution in [0.1, 0.15) is 25.3 Å². The van der Waals surface area contributed by atoms with Crippen molar-refractivity contribution in [2.45, 2.75) is 26.7 Å². The van der Waals surface area contributed by atoms with Crippen LogP contribution < -0.4 is 10.2 Å². The number of imide groups is 2. The van der Waals surface area contributed by atoms with Crippen molar-refractivity contribution in [3.05, 3.63) is 29.6 Å². The highest BCUT2D eigenvalue weighted by molar-refractivity contribution is 6.27. The molecule has 4 amide bonds. The van der Waals surface area contributed by atoms with Crippen LogP contribution in [-0.2, 0) is 9.59 Å². The van der Waals surface area contributed by atoms with Crippen LogP contribution in [0.25, 0.3) is 0 Å². The van der Waals surface area contributed by atoms with E-state index in [0.29, 0.717) is 18.4 Å². The normalized spacial score (nSPS) is 19.2. The number of halogens is 1. The Morgan fingerprint density at radius 2 is 2.00 bits per heavy atom. The van der Waals surface area contributed by atoms with Gasteiger partial charge in [0, 0.05) is 0 Å². The van der Waals surface area contributed by atoms with Crippen molar-refractivity contribution >= 4 is 23.5 Å². The summed E-state index contributed by atoms with van der Waals surface area (Å²) < 4.78 is 13.3. The lowest BCUT2D eigenvalue weighted by atomic mass is 9.98. The average molecular weight is 278 g/mol. The van der Waals surface area contributed by atoms with Gasteiger partial charge in [-0.05, 0) is 31.0 Å². The molecule has 1 aliphatic heterocycles. The van der Waals surface area contributed by atoms with E-state index < -0.39 is 29.6 Å². The number of carbonyl (C=O) groups excluding carboxylic acids is 3. The zero-order valence-electron chi connectivity index (χ0n) is 11.3. The third kappa shape index (κ3) is 2.41. The number of hydrogen-bond acceptors (Lipinski definition) is 3. The minimum atomic E-state index is -0.902. The lowest BCUT2D eigenvalue weighted by Crippen LogP contribution is -2.58. The standard InChI is InChI=1S/C14H15FN2O3/c1-3-4-10-12(18)16-14(20)17(13(10)19)11-7-9(15)6-5-8(11)2/h5-7,10H,3-4H2,1-2H3,(H,16,18,20). The zero-order chi connectivity index (χ0) is 14.9. The molecule has 20 heavy (non-hydrogen) atoms. The molecule has 6 heteroatoms. The number of barbiturate groups is 1. The summed E-state index contributed by atoms with van der Waals surface area (Å²) in [6.45, 7) is 3.51. The number of hydrogen-bond donors (Lipinski definition) is 1. The highest BCUT2D eigenvalue weighted by Crippen LogP contribution is 2.26. The highest BCUT2D eigenvalue weighted by atomic mass is 19.1. The van der Waals surface area contributed by atoms with Gasteiger partial charge in [0.05, 0.1) is 5.69 Å².